The Morgan fingerprint density at radius 1 is 0.788 bits per heavy atom. The predicted molar refractivity (Wildman–Crippen MR) is 165 cm³/mol. The third-order valence-corrected chi connectivity index (χ3v) is 37.4. The summed E-state index contributed by atoms with van der Waals surface area (Å²) in [5, 5.41) is 1.88. The molecular weight excluding hydrogens is 481 g/mol. The Hall–Kier alpha value is 0.524. The van der Waals surface area contributed by atoms with Crippen molar-refractivity contribution >= 4 is 40.9 Å². The van der Waals surface area contributed by atoms with Gasteiger partial charge in [0.25, 0.3) is 0 Å². The van der Waals surface area contributed by atoms with Crippen molar-refractivity contribution < 1.29 is 4.12 Å². The molecule has 0 bridgehead atoms. The second-order valence-corrected chi connectivity index (χ2v) is 43.3. The summed E-state index contributed by atoms with van der Waals surface area (Å²) in [6, 6.07) is 0. The van der Waals surface area contributed by atoms with Crippen LogP contribution in [0.3, 0.4) is 0 Å². The zero-order valence-corrected chi connectivity index (χ0v) is 30.8. The molecule has 0 aromatic carbocycles. The van der Waals surface area contributed by atoms with E-state index >= 15 is 0 Å². The summed E-state index contributed by atoms with van der Waals surface area (Å²) < 4.78 is 8.44. The first-order valence-corrected chi connectivity index (χ1v) is 29.1. The van der Waals surface area contributed by atoms with Gasteiger partial charge in [0, 0.05) is 22.1 Å². The maximum Gasteiger partial charge on any atom is 0.234 e. The highest BCUT2D eigenvalue weighted by atomic mass is 28.5. The molecule has 6 heteroatoms. The van der Waals surface area contributed by atoms with Crippen molar-refractivity contribution in [3.05, 3.63) is 21.7 Å². The molecule has 192 valence electrons. The Labute approximate surface area is 213 Å². The lowest BCUT2D eigenvalue weighted by Gasteiger charge is -2.61. The largest absolute Gasteiger partial charge is 0.450 e. The van der Waals surface area contributed by atoms with Crippen molar-refractivity contribution in [1.29, 1.82) is 0 Å². The van der Waals surface area contributed by atoms with E-state index in [1.807, 2.05) is 10.0 Å². The Morgan fingerprint density at radius 2 is 1.21 bits per heavy atom. The molecule has 0 saturated heterocycles. The van der Waals surface area contributed by atoms with Gasteiger partial charge in [-0.3, -0.25) is 0 Å². The molecule has 0 radical (unpaired) electrons. The molecule has 0 saturated carbocycles. The molecule has 2 atom stereocenters. The van der Waals surface area contributed by atoms with Gasteiger partial charge >= 0.3 is 0 Å². The van der Waals surface area contributed by atoms with Gasteiger partial charge in [0.15, 0.2) is 8.32 Å². The van der Waals surface area contributed by atoms with E-state index in [9.17, 15) is 0 Å². The number of hydrogen-bond donors (Lipinski definition) is 0. The molecule has 1 aliphatic carbocycles. The zero-order chi connectivity index (χ0) is 26.4. The lowest BCUT2D eigenvalue weighted by atomic mass is 9.80. The van der Waals surface area contributed by atoms with Crippen LogP contribution in [0.25, 0.3) is 0 Å². The van der Waals surface area contributed by atoms with Gasteiger partial charge in [-0.25, -0.2) is 0 Å². The van der Waals surface area contributed by atoms with Crippen LogP contribution in [0.15, 0.2) is 21.7 Å². The van der Waals surface area contributed by atoms with Crippen molar-refractivity contribution in [2.75, 3.05) is 0 Å². The minimum Gasteiger partial charge on any atom is -0.450 e. The number of allylic oxidation sites excluding steroid dienone is 3. The molecule has 0 aromatic rings. The summed E-state index contributed by atoms with van der Waals surface area (Å²) in [6.07, 6.45) is 4.10. The third-order valence-electron chi connectivity index (χ3n) is 8.26. The van der Waals surface area contributed by atoms with Gasteiger partial charge in [-0.15, -0.1) is 0 Å². The van der Waals surface area contributed by atoms with Crippen molar-refractivity contribution in [2.24, 2.45) is 16.7 Å². The zero-order valence-electron chi connectivity index (χ0n) is 25.8. The van der Waals surface area contributed by atoms with Crippen molar-refractivity contribution in [3.8, 4) is 0 Å². The molecule has 33 heavy (non-hydrogen) atoms. The SMILES string of the molecule is CC(C)(C)C1=C([Si@]2(O[Si](C)(C)C)C([Si](C)(C)C)=CCC2([Si](C)(C)C)[Si](C)(C)C)[C@H]1C(C)(C)C. The molecule has 0 amide bonds. The summed E-state index contributed by atoms with van der Waals surface area (Å²) in [7, 11) is -9.01. The van der Waals surface area contributed by atoms with Gasteiger partial charge in [-0.1, -0.05) is 117 Å². The van der Waals surface area contributed by atoms with Gasteiger partial charge < -0.3 is 4.12 Å². The minimum absolute atomic E-state index is 0.216. The fourth-order valence-corrected chi connectivity index (χ4v) is 45.4. The van der Waals surface area contributed by atoms with E-state index in [1.54, 1.807) is 5.57 Å². The highest BCUT2D eigenvalue weighted by Crippen LogP contribution is 2.73. The first kappa shape index (κ1) is 29.8. The lowest BCUT2D eigenvalue weighted by Crippen LogP contribution is -2.72. The number of rotatable bonds is 6. The van der Waals surface area contributed by atoms with Gasteiger partial charge in [-0.05, 0) is 46.4 Å². The Bertz CT molecular complexity index is 828. The molecule has 0 unspecified atom stereocenters. The fraction of sp³-hybridized carbons (Fsp3) is 0.852. The first-order chi connectivity index (χ1) is 14.2. The van der Waals surface area contributed by atoms with E-state index in [-0.39, 0.29) is 10.8 Å². The third kappa shape index (κ3) is 4.79. The molecule has 1 heterocycles. The Balaban J connectivity index is 3.17. The van der Waals surface area contributed by atoms with Crippen LogP contribution in [0.1, 0.15) is 48.0 Å². The molecule has 2 aliphatic rings. The second-order valence-electron chi connectivity index (χ2n) is 17.2. The molecule has 1 aliphatic heterocycles. The standard InChI is InChI=1S/C27H58OSi5/c1-25(2,3)22-23(26(4,5)6)24(22)33(28-32(16,17)18)21(29(7,8)9)19-20-27(33,30(10,11)12)31(13,14)15/h19,22H,20H2,1-18H3/t22-,33+/m0/s1. The Morgan fingerprint density at radius 3 is 1.45 bits per heavy atom. The summed E-state index contributed by atoms with van der Waals surface area (Å²) in [6.45, 7) is 46.4. The molecule has 0 aromatic heterocycles. The summed E-state index contributed by atoms with van der Waals surface area (Å²) in [5.74, 6) is 0.616. The van der Waals surface area contributed by atoms with Gasteiger partial charge in [0.05, 0.1) is 8.07 Å². The molecule has 0 fully saturated rings. The topological polar surface area (TPSA) is 9.23 Å². The smallest absolute Gasteiger partial charge is 0.234 e. The number of hydrogen-bond acceptors (Lipinski definition) is 1. The second kappa shape index (κ2) is 8.01. The van der Waals surface area contributed by atoms with Gasteiger partial charge in [0.2, 0.25) is 8.32 Å². The normalized spacial score (nSPS) is 27.2. The van der Waals surface area contributed by atoms with Crippen molar-refractivity contribution in [1.82, 2.24) is 0 Å². The van der Waals surface area contributed by atoms with Crippen LogP contribution in [0.5, 0.6) is 0 Å². The molecule has 0 N–H and O–H groups in total. The summed E-state index contributed by atoms with van der Waals surface area (Å²) in [4.78, 5) is 1.88. The average molecular weight is 539 g/mol. The van der Waals surface area contributed by atoms with Crippen LogP contribution < -0.4 is 0 Å². The van der Waals surface area contributed by atoms with Crippen LogP contribution in [-0.4, -0.2) is 40.9 Å². The van der Waals surface area contributed by atoms with Gasteiger partial charge in [-0.2, -0.15) is 0 Å². The van der Waals surface area contributed by atoms with Crippen LogP contribution >= 0.6 is 0 Å². The van der Waals surface area contributed by atoms with Crippen LogP contribution in [-0.2, 0) is 4.12 Å². The first-order valence-electron chi connectivity index (χ1n) is 13.3. The van der Waals surface area contributed by atoms with E-state index in [0.717, 1.165) is 0 Å². The van der Waals surface area contributed by atoms with Crippen LogP contribution in [0.4, 0.5) is 0 Å². The molecular formula is C27H58OSi5. The maximum atomic E-state index is 8.02. The average Bonchev–Trinajstić information content (AvgIpc) is 3.13. The maximum absolute atomic E-state index is 8.02. The highest BCUT2D eigenvalue weighted by molar-refractivity contribution is 7.25. The van der Waals surface area contributed by atoms with E-state index in [4.69, 9.17) is 4.12 Å². The van der Waals surface area contributed by atoms with Crippen molar-refractivity contribution in [2.45, 2.75) is 131 Å². The fourth-order valence-electron chi connectivity index (χ4n) is 7.75. The molecule has 2 rings (SSSR count). The van der Waals surface area contributed by atoms with E-state index in [2.05, 4.69) is 126 Å². The quantitative estimate of drug-likeness (QED) is 0.306. The highest BCUT2D eigenvalue weighted by Gasteiger charge is 2.77. The molecule has 1 nitrogen and oxygen atoms in total. The lowest BCUT2D eigenvalue weighted by molar-refractivity contribution is 0.334. The minimum atomic E-state index is -2.41. The van der Waals surface area contributed by atoms with Crippen LogP contribution in [0.2, 0.25) is 82.8 Å². The molecule has 0 spiro atoms. The predicted octanol–water partition coefficient (Wildman–Crippen LogP) is 9.58. The van der Waals surface area contributed by atoms with E-state index in [1.165, 1.54) is 6.42 Å². The van der Waals surface area contributed by atoms with E-state index in [0.29, 0.717) is 10.2 Å². The monoisotopic (exact) mass is 538 g/mol. The van der Waals surface area contributed by atoms with Crippen molar-refractivity contribution in [3.63, 3.8) is 0 Å². The summed E-state index contributed by atoms with van der Waals surface area (Å²) in [5.41, 5.74) is 2.26. The van der Waals surface area contributed by atoms with Crippen LogP contribution in [0, 0.1) is 16.7 Å². The van der Waals surface area contributed by atoms with E-state index < -0.39 is 40.9 Å². The Kier molecular flexibility index (Phi) is 7.22. The summed E-state index contributed by atoms with van der Waals surface area (Å²) >= 11 is 0. The van der Waals surface area contributed by atoms with Gasteiger partial charge in [0.1, 0.15) is 0 Å².